The maximum Gasteiger partial charge on any atom is 0.126 e. The van der Waals surface area contributed by atoms with Crippen LogP contribution >= 0.6 is 0 Å². The third-order valence-corrected chi connectivity index (χ3v) is 17.6. The summed E-state index contributed by atoms with van der Waals surface area (Å²) in [6.07, 6.45) is 55.8. The van der Waals surface area contributed by atoms with Crippen molar-refractivity contribution >= 4 is 60.0 Å². The molecule has 88 heavy (non-hydrogen) atoms. The molecule has 0 saturated carbocycles. The van der Waals surface area contributed by atoms with Crippen LogP contribution in [-0.4, -0.2) is 54.6 Å². The van der Waals surface area contributed by atoms with Crippen LogP contribution in [0.3, 0.4) is 0 Å². The number of aryl methyl sites for hydroxylation is 2. The predicted molar refractivity (Wildman–Crippen MR) is 389 cm³/mol. The highest BCUT2D eigenvalue weighted by Gasteiger charge is 2.15. The standard InChI is InChI=1S/C82H120N2O4/c1-11-17-23-25-27-29-31-33-35-37-39-69-61-72(50-52-76-66-80(86-8)74(64-82(76)88-10)48-42-68-45-55-78(56-46-68)84(59-21-15-5)60-22-16-6)70(40-38-36-34-32-30-28-26-24-18-12-2)62-71(69)49-51-75-65-79(85-7)73(63-81(75)87-9)47-41-67-43-53-77(54-44-67)83(57-19-13-3)58-20-14-4/h41-56,61-66H,11-40,57-60H2,1-10H3/b47-41+,48-42+,51-49+,52-50+. The highest BCUT2D eigenvalue weighted by Crippen LogP contribution is 2.36. The molecule has 0 bridgehead atoms. The van der Waals surface area contributed by atoms with Gasteiger partial charge in [-0.1, -0.05) is 268 Å². The molecule has 482 valence electrons. The Morgan fingerprint density at radius 2 is 0.500 bits per heavy atom. The molecular formula is C82H120N2O4. The lowest BCUT2D eigenvalue weighted by atomic mass is 9.91. The second kappa shape index (κ2) is 44.3. The first kappa shape index (κ1) is 72.6. The molecule has 0 aliphatic heterocycles. The van der Waals surface area contributed by atoms with Crippen LogP contribution in [0.25, 0.3) is 48.6 Å². The van der Waals surface area contributed by atoms with Crippen LogP contribution in [0.5, 0.6) is 23.0 Å². The van der Waals surface area contributed by atoms with Crippen LogP contribution in [0.2, 0.25) is 0 Å². The van der Waals surface area contributed by atoms with Gasteiger partial charge in [-0.05, 0) is 133 Å². The lowest BCUT2D eigenvalue weighted by molar-refractivity contribution is 0.401. The van der Waals surface area contributed by atoms with E-state index in [1.807, 2.05) is 0 Å². The molecular weight excluding hydrogens is 1080 g/mol. The van der Waals surface area contributed by atoms with Gasteiger partial charge in [0.15, 0.2) is 0 Å². The third-order valence-electron chi connectivity index (χ3n) is 17.6. The summed E-state index contributed by atoms with van der Waals surface area (Å²) in [6.45, 7) is 18.1. The number of rotatable bonds is 48. The quantitative estimate of drug-likeness (QED) is 0.0286. The van der Waals surface area contributed by atoms with Crippen molar-refractivity contribution in [1.29, 1.82) is 0 Å². The fourth-order valence-electron chi connectivity index (χ4n) is 11.9. The average Bonchev–Trinajstić information content (AvgIpc) is 3.76. The maximum atomic E-state index is 6.16. The van der Waals surface area contributed by atoms with E-state index in [1.54, 1.807) is 28.4 Å². The van der Waals surface area contributed by atoms with E-state index in [9.17, 15) is 0 Å². The van der Waals surface area contributed by atoms with Gasteiger partial charge in [-0.15, -0.1) is 0 Å². The van der Waals surface area contributed by atoms with Crippen LogP contribution in [0.4, 0.5) is 11.4 Å². The molecule has 5 aromatic rings. The van der Waals surface area contributed by atoms with Gasteiger partial charge in [0.25, 0.3) is 0 Å². The highest BCUT2D eigenvalue weighted by atomic mass is 16.5. The van der Waals surface area contributed by atoms with Crippen molar-refractivity contribution in [3.63, 3.8) is 0 Å². The van der Waals surface area contributed by atoms with E-state index in [0.717, 1.165) is 108 Å². The van der Waals surface area contributed by atoms with Crippen LogP contribution < -0.4 is 28.7 Å². The van der Waals surface area contributed by atoms with Gasteiger partial charge in [-0.2, -0.15) is 0 Å². The molecule has 0 aliphatic rings. The van der Waals surface area contributed by atoms with Gasteiger partial charge in [0.2, 0.25) is 0 Å². The monoisotopic (exact) mass is 1200 g/mol. The van der Waals surface area contributed by atoms with Crippen molar-refractivity contribution in [2.24, 2.45) is 0 Å². The summed E-state index contributed by atoms with van der Waals surface area (Å²) in [5.74, 6) is 3.28. The molecule has 5 aromatic carbocycles. The molecule has 0 atom stereocenters. The third kappa shape index (κ3) is 26.1. The Bertz CT molecular complexity index is 2580. The lowest BCUT2D eigenvalue weighted by Crippen LogP contribution is -2.25. The van der Waals surface area contributed by atoms with E-state index in [0.29, 0.717) is 0 Å². The van der Waals surface area contributed by atoms with Crippen molar-refractivity contribution in [1.82, 2.24) is 0 Å². The summed E-state index contributed by atoms with van der Waals surface area (Å²) in [7, 11) is 7.10. The Balaban J connectivity index is 1.49. The fourth-order valence-corrected chi connectivity index (χ4v) is 11.9. The summed E-state index contributed by atoms with van der Waals surface area (Å²) in [5.41, 5.74) is 14.2. The van der Waals surface area contributed by atoms with Crippen LogP contribution in [0, 0.1) is 0 Å². The van der Waals surface area contributed by atoms with Crippen LogP contribution in [-0.2, 0) is 12.8 Å². The molecule has 6 heteroatoms. The Morgan fingerprint density at radius 1 is 0.261 bits per heavy atom. The second-order valence-electron chi connectivity index (χ2n) is 24.7. The Kier molecular flexibility index (Phi) is 36.6. The molecule has 5 rings (SSSR count). The number of methoxy groups -OCH3 is 4. The second-order valence-corrected chi connectivity index (χ2v) is 24.7. The molecule has 0 N–H and O–H groups in total. The van der Waals surface area contributed by atoms with Gasteiger partial charge in [-0.25, -0.2) is 0 Å². The minimum atomic E-state index is 0.819. The molecule has 0 spiro atoms. The molecule has 6 nitrogen and oxygen atoms in total. The van der Waals surface area contributed by atoms with Crippen LogP contribution in [0.15, 0.2) is 84.9 Å². The smallest absolute Gasteiger partial charge is 0.126 e. The van der Waals surface area contributed by atoms with Crippen molar-refractivity contribution in [3.8, 4) is 23.0 Å². The summed E-state index contributed by atoms with van der Waals surface area (Å²) < 4.78 is 24.6. The van der Waals surface area contributed by atoms with E-state index in [4.69, 9.17) is 18.9 Å². The normalized spacial score (nSPS) is 11.8. The van der Waals surface area contributed by atoms with Gasteiger partial charge in [0, 0.05) is 59.8 Å². The summed E-state index contributed by atoms with van der Waals surface area (Å²) in [4.78, 5) is 5.08. The number of hydrogen-bond donors (Lipinski definition) is 0. The lowest BCUT2D eigenvalue weighted by Gasteiger charge is -2.24. The summed E-state index contributed by atoms with van der Waals surface area (Å²) in [5, 5.41) is 0. The molecule has 0 aliphatic carbocycles. The molecule has 0 amide bonds. The summed E-state index contributed by atoms with van der Waals surface area (Å²) in [6, 6.07) is 31.6. The van der Waals surface area contributed by atoms with E-state index >= 15 is 0 Å². The van der Waals surface area contributed by atoms with E-state index < -0.39 is 0 Å². The number of ether oxygens (including phenoxy) is 4. The zero-order valence-electron chi connectivity index (χ0n) is 57.3. The van der Waals surface area contributed by atoms with Gasteiger partial charge in [0.1, 0.15) is 23.0 Å². The first-order chi connectivity index (χ1) is 43.3. The largest absolute Gasteiger partial charge is 0.496 e. The zero-order chi connectivity index (χ0) is 62.8. The molecule has 0 fully saturated rings. The van der Waals surface area contributed by atoms with Crippen molar-refractivity contribution in [3.05, 3.63) is 141 Å². The zero-order valence-corrected chi connectivity index (χ0v) is 57.3. The van der Waals surface area contributed by atoms with Gasteiger partial charge >= 0.3 is 0 Å². The number of anilines is 2. The molecule has 0 unspecified atom stereocenters. The topological polar surface area (TPSA) is 43.4 Å². The van der Waals surface area contributed by atoms with Crippen molar-refractivity contribution in [2.45, 2.75) is 234 Å². The maximum absolute atomic E-state index is 6.16. The summed E-state index contributed by atoms with van der Waals surface area (Å²) >= 11 is 0. The SMILES string of the molecule is CCCCCCCCCCCCc1cc(/C=C/c2cc(OC)c(/C=C/c3ccc(N(CCCC)CCCC)cc3)cc2OC)c(CCCCCCCCCCCC)cc1/C=C/c1cc(OC)c(/C=C/c2ccc(N(CCCC)CCCC)cc2)cc1OC. The first-order valence-corrected chi connectivity index (χ1v) is 35.4. The Hall–Kier alpha value is -6.14. The molecule has 0 heterocycles. The minimum absolute atomic E-state index is 0.819. The van der Waals surface area contributed by atoms with Gasteiger partial charge in [0.05, 0.1) is 28.4 Å². The van der Waals surface area contributed by atoms with Crippen molar-refractivity contribution in [2.75, 3.05) is 64.4 Å². The fraction of sp³-hybridized carbons (Fsp3) is 0.537. The van der Waals surface area contributed by atoms with E-state index in [1.165, 1.54) is 201 Å². The number of unbranched alkanes of at least 4 members (excludes halogenated alkanes) is 22. The van der Waals surface area contributed by atoms with Gasteiger partial charge in [-0.3, -0.25) is 0 Å². The van der Waals surface area contributed by atoms with Crippen LogP contribution in [0.1, 0.15) is 277 Å². The van der Waals surface area contributed by atoms with E-state index in [2.05, 4.69) is 185 Å². The Labute approximate surface area is 538 Å². The first-order valence-electron chi connectivity index (χ1n) is 35.4. The Morgan fingerprint density at radius 3 is 0.761 bits per heavy atom. The van der Waals surface area contributed by atoms with E-state index in [-0.39, 0.29) is 0 Å². The molecule has 0 radical (unpaired) electrons. The number of benzene rings is 5. The predicted octanol–water partition coefficient (Wildman–Crippen LogP) is 24.1. The molecule has 0 saturated heterocycles. The van der Waals surface area contributed by atoms with Gasteiger partial charge < -0.3 is 28.7 Å². The minimum Gasteiger partial charge on any atom is -0.496 e. The number of hydrogen-bond acceptors (Lipinski definition) is 6. The number of nitrogens with zero attached hydrogens (tertiary/aromatic N) is 2. The average molecular weight is 1200 g/mol. The molecule has 0 aromatic heterocycles. The van der Waals surface area contributed by atoms with Crippen molar-refractivity contribution < 1.29 is 18.9 Å². The highest BCUT2D eigenvalue weighted by molar-refractivity contribution is 5.83.